The molecule has 0 unspecified atom stereocenters. The van der Waals surface area contributed by atoms with Crippen LogP contribution in [0.2, 0.25) is 0 Å². The van der Waals surface area contributed by atoms with Crippen LogP contribution in [0.5, 0.6) is 5.75 Å². The number of nitrogens with zero attached hydrogens (tertiary/aromatic N) is 3. The number of ether oxygens (including phenoxy) is 1. The van der Waals surface area contributed by atoms with Gasteiger partial charge in [-0.1, -0.05) is 12.1 Å². The van der Waals surface area contributed by atoms with Crippen LogP contribution in [0, 0.1) is 0 Å². The average molecular weight is 639 g/mol. The van der Waals surface area contributed by atoms with Gasteiger partial charge in [-0.05, 0) is 80.2 Å². The van der Waals surface area contributed by atoms with Gasteiger partial charge in [-0.15, -0.1) is 13.2 Å². The number of aromatic nitrogens is 3. The van der Waals surface area contributed by atoms with Crippen molar-refractivity contribution >= 4 is 17.0 Å². The minimum atomic E-state index is -5.36. The Labute approximate surface area is 253 Å². The summed E-state index contributed by atoms with van der Waals surface area (Å²) >= 11 is 0. The predicted octanol–water partition coefficient (Wildman–Crippen LogP) is 4.33. The van der Waals surface area contributed by atoms with E-state index in [0.717, 1.165) is 24.1 Å². The number of rotatable bonds is 13. The van der Waals surface area contributed by atoms with Crippen molar-refractivity contribution in [2.24, 2.45) is 22.2 Å². The van der Waals surface area contributed by atoms with Crippen LogP contribution in [0.1, 0.15) is 36.0 Å². The number of aromatic amines is 1. The Kier molecular flexibility index (Phi) is 10.4. The number of hydrogen-bond donors (Lipinski definition) is 5. The molecule has 242 valence electrons. The lowest BCUT2D eigenvalue weighted by Gasteiger charge is -2.20. The van der Waals surface area contributed by atoms with Gasteiger partial charge in [-0.3, -0.25) is 9.56 Å². The van der Waals surface area contributed by atoms with Crippen LogP contribution < -0.4 is 32.9 Å². The first-order valence-corrected chi connectivity index (χ1v) is 13.9. The highest BCUT2D eigenvalue weighted by Gasteiger charge is 2.42. The van der Waals surface area contributed by atoms with Gasteiger partial charge < -0.3 is 32.2 Å². The number of nitrogens with one attached hydrogen (secondary N) is 2. The number of halogens is 6. The molecule has 0 amide bonds. The second-order valence-corrected chi connectivity index (χ2v) is 10.2. The minimum absolute atomic E-state index is 0.0309. The standard InChI is InChI=1S/C29H32F6N8O2/c30-28(31,32)24-21(12-18(4-1-2-9-36)13-23(24)45-29(33,34)35)22-14-19-16-43(27(44)42-25(19)41-22)20-7-5-17(6-8-20)15-39-10-3-11-40-26(37)38/h5-8,12-14,16,39H,1-4,9-11,15,36H2,(H4,37,38,40)(H,41,42,44). The molecule has 4 rings (SSSR count). The van der Waals surface area contributed by atoms with Gasteiger partial charge in [-0.2, -0.15) is 18.2 Å². The zero-order chi connectivity index (χ0) is 32.8. The van der Waals surface area contributed by atoms with Crippen LogP contribution in [0.3, 0.4) is 0 Å². The second kappa shape index (κ2) is 14.0. The largest absolute Gasteiger partial charge is 0.573 e. The summed E-state index contributed by atoms with van der Waals surface area (Å²) in [5.41, 5.74) is 14.5. The van der Waals surface area contributed by atoms with Crippen LogP contribution in [0.4, 0.5) is 26.3 Å². The van der Waals surface area contributed by atoms with E-state index in [0.29, 0.717) is 44.7 Å². The molecule has 0 atom stereocenters. The predicted molar refractivity (Wildman–Crippen MR) is 158 cm³/mol. The van der Waals surface area contributed by atoms with Gasteiger partial charge in [-0.25, -0.2) is 4.79 Å². The Hall–Kier alpha value is -4.57. The molecule has 0 aliphatic heterocycles. The Morgan fingerprint density at radius 1 is 1.00 bits per heavy atom. The van der Waals surface area contributed by atoms with Crippen molar-refractivity contribution in [1.29, 1.82) is 0 Å². The highest BCUT2D eigenvalue weighted by molar-refractivity contribution is 5.84. The molecule has 0 spiro atoms. The summed E-state index contributed by atoms with van der Waals surface area (Å²) in [4.78, 5) is 23.4. The van der Waals surface area contributed by atoms with Crippen molar-refractivity contribution in [2.75, 3.05) is 19.6 Å². The fourth-order valence-corrected chi connectivity index (χ4v) is 4.74. The lowest BCUT2D eigenvalue weighted by Crippen LogP contribution is -2.23. The summed E-state index contributed by atoms with van der Waals surface area (Å²) in [5, 5.41) is 3.51. The van der Waals surface area contributed by atoms with Crippen LogP contribution >= 0.6 is 0 Å². The van der Waals surface area contributed by atoms with Crippen molar-refractivity contribution in [3.63, 3.8) is 0 Å². The third-order valence-corrected chi connectivity index (χ3v) is 6.74. The molecule has 0 saturated heterocycles. The number of alkyl halides is 6. The maximum atomic E-state index is 14.2. The van der Waals surface area contributed by atoms with Crippen molar-refractivity contribution in [2.45, 2.75) is 44.8 Å². The van der Waals surface area contributed by atoms with Crippen molar-refractivity contribution in [1.82, 2.24) is 19.9 Å². The van der Waals surface area contributed by atoms with E-state index in [4.69, 9.17) is 17.2 Å². The molecular weight excluding hydrogens is 606 g/mol. The maximum absolute atomic E-state index is 14.2. The minimum Gasteiger partial charge on any atom is -0.405 e. The molecule has 0 aliphatic rings. The zero-order valence-corrected chi connectivity index (χ0v) is 23.9. The molecule has 0 radical (unpaired) electrons. The normalized spacial score (nSPS) is 12.1. The summed E-state index contributed by atoms with van der Waals surface area (Å²) in [6.07, 6.45) is -7.31. The molecule has 10 nitrogen and oxygen atoms in total. The lowest BCUT2D eigenvalue weighted by atomic mass is 9.97. The van der Waals surface area contributed by atoms with Gasteiger partial charge in [0, 0.05) is 35.9 Å². The van der Waals surface area contributed by atoms with E-state index in [1.54, 1.807) is 24.3 Å². The molecule has 0 aliphatic carbocycles. The van der Waals surface area contributed by atoms with Crippen LogP contribution in [0.25, 0.3) is 28.0 Å². The second-order valence-electron chi connectivity index (χ2n) is 10.2. The van der Waals surface area contributed by atoms with E-state index in [2.05, 4.69) is 25.0 Å². The monoisotopic (exact) mass is 638 g/mol. The van der Waals surface area contributed by atoms with Gasteiger partial charge in [0.05, 0.1) is 5.69 Å². The van der Waals surface area contributed by atoms with Crippen molar-refractivity contribution in [3.05, 3.63) is 75.8 Å². The molecular formula is C29H32F6N8O2. The average Bonchev–Trinajstić information content (AvgIpc) is 3.36. The van der Waals surface area contributed by atoms with E-state index >= 15 is 0 Å². The van der Waals surface area contributed by atoms with Crippen molar-refractivity contribution < 1.29 is 31.1 Å². The first-order valence-electron chi connectivity index (χ1n) is 13.9. The number of guanidine groups is 1. The fraction of sp³-hybridized carbons (Fsp3) is 0.345. The van der Waals surface area contributed by atoms with E-state index in [1.807, 2.05) is 0 Å². The lowest BCUT2D eigenvalue weighted by molar-refractivity contribution is -0.276. The van der Waals surface area contributed by atoms with E-state index < -0.39 is 35.1 Å². The summed E-state index contributed by atoms with van der Waals surface area (Å²) in [6, 6.07) is 10.2. The molecule has 2 aromatic heterocycles. The highest BCUT2D eigenvalue weighted by Crippen LogP contribution is 2.45. The van der Waals surface area contributed by atoms with Crippen molar-refractivity contribution in [3.8, 4) is 22.7 Å². The summed E-state index contributed by atoms with van der Waals surface area (Å²) in [6.45, 7) is 2.02. The number of unbranched alkanes of at least 4 members (excludes halogenated alkanes) is 1. The van der Waals surface area contributed by atoms with Gasteiger partial charge in [0.15, 0.2) is 5.96 Å². The number of aliphatic imine (C=N–C) groups is 1. The van der Waals surface area contributed by atoms with Crippen LogP contribution in [-0.4, -0.2) is 46.5 Å². The molecule has 0 saturated carbocycles. The maximum Gasteiger partial charge on any atom is 0.573 e. The third-order valence-electron chi connectivity index (χ3n) is 6.74. The Bertz CT molecular complexity index is 1690. The van der Waals surface area contributed by atoms with Crippen LogP contribution in [0.15, 0.2) is 58.4 Å². The quantitative estimate of drug-likeness (QED) is 0.0630. The van der Waals surface area contributed by atoms with Gasteiger partial charge >= 0.3 is 18.2 Å². The number of nitrogens with two attached hydrogens (primary N) is 3. The topological polar surface area (TPSA) is 162 Å². The van der Waals surface area contributed by atoms with Crippen LogP contribution in [-0.2, 0) is 19.1 Å². The zero-order valence-electron chi connectivity index (χ0n) is 23.9. The SMILES string of the molecule is NCCCCc1cc(OC(F)(F)F)c(C(F)(F)F)c(-c2cc3cn(-c4ccc(CNCCCN=C(N)N)cc4)c(=O)nc3[nH]2)c1. The summed E-state index contributed by atoms with van der Waals surface area (Å²) < 4.78 is 87.3. The molecule has 16 heteroatoms. The number of benzene rings is 2. The first-order chi connectivity index (χ1) is 21.2. The Balaban J connectivity index is 1.67. The molecule has 2 heterocycles. The molecule has 45 heavy (non-hydrogen) atoms. The van der Waals surface area contributed by atoms with Gasteiger partial charge in [0.25, 0.3) is 0 Å². The Morgan fingerprint density at radius 2 is 1.73 bits per heavy atom. The fourth-order valence-electron chi connectivity index (χ4n) is 4.74. The third kappa shape index (κ3) is 8.98. The first kappa shape index (κ1) is 33.3. The van der Waals surface area contributed by atoms with E-state index in [9.17, 15) is 31.1 Å². The Morgan fingerprint density at radius 3 is 2.38 bits per heavy atom. The smallest absolute Gasteiger partial charge is 0.405 e. The summed E-state index contributed by atoms with van der Waals surface area (Å²) in [7, 11) is 0. The molecule has 0 fully saturated rings. The number of H-pyrrole nitrogens is 1. The highest BCUT2D eigenvalue weighted by atomic mass is 19.4. The molecule has 4 aromatic rings. The number of hydrogen-bond acceptors (Lipinski definition) is 6. The van der Waals surface area contributed by atoms with E-state index in [-0.39, 0.29) is 34.7 Å². The van der Waals surface area contributed by atoms with Gasteiger partial charge in [0.1, 0.15) is 17.0 Å². The molecule has 8 N–H and O–H groups in total. The number of aryl methyl sites for hydroxylation is 1. The number of fused-ring (bicyclic) bond motifs is 1. The molecule has 2 aromatic carbocycles. The van der Waals surface area contributed by atoms with Gasteiger partial charge in [0.2, 0.25) is 0 Å². The van der Waals surface area contributed by atoms with E-state index in [1.165, 1.54) is 16.8 Å². The molecule has 0 bridgehead atoms. The summed E-state index contributed by atoms with van der Waals surface area (Å²) in [5.74, 6) is -1.34.